The average molecular weight is 373 g/mol. The van der Waals surface area contributed by atoms with E-state index in [0.29, 0.717) is 25.9 Å². The first-order valence-corrected chi connectivity index (χ1v) is 9.35. The number of rotatable bonds is 10. The normalized spacial score (nSPS) is 14.0. The lowest BCUT2D eigenvalue weighted by molar-refractivity contribution is -0.174. The summed E-state index contributed by atoms with van der Waals surface area (Å²) < 4.78 is 5.16. The fourth-order valence-electron chi connectivity index (χ4n) is 3.38. The Bertz CT molecular complexity index is 481. The summed E-state index contributed by atoms with van der Waals surface area (Å²) in [5.41, 5.74) is -2.93. The lowest BCUT2D eigenvalue weighted by Gasteiger charge is -2.37. The van der Waals surface area contributed by atoms with Crippen LogP contribution in [0.1, 0.15) is 80.6 Å². The van der Waals surface area contributed by atoms with Gasteiger partial charge in [0.1, 0.15) is 0 Å². The maximum Gasteiger partial charge on any atom is 0.321 e. The number of unbranched alkanes of at least 4 members (excludes halogenated alkanes) is 2. The van der Waals surface area contributed by atoms with Crippen molar-refractivity contribution in [2.45, 2.75) is 80.6 Å². The number of carbonyl (C=O) groups excluding carboxylic acids is 1. The average Bonchev–Trinajstić information content (AvgIpc) is 2.42. The number of ether oxygens (including phenoxy) is 1. The number of aliphatic carboxylic acids is 2. The van der Waals surface area contributed by atoms with Crippen LogP contribution in [0.5, 0.6) is 0 Å². The third-order valence-corrected chi connectivity index (χ3v) is 5.17. The molecule has 0 aliphatic rings. The Morgan fingerprint density at radius 1 is 0.885 bits per heavy atom. The van der Waals surface area contributed by atoms with E-state index in [1.54, 1.807) is 27.7 Å². The molecule has 0 aromatic carbocycles. The number of carbonyl (C=O) groups is 3. The van der Waals surface area contributed by atoms with Crippen molar-refractivity contribution in [2.24, 2.45) is 22.2 Å². The van der Waals surface area contributed by atoms with E-state index in [-0.39, 0.29) is 23.7 Å². The summed E-state index contributed by atoms with van der Waals surface area (Å²) in [5, 5.41) is 19.1. The van der Waals surface area contributed by atoms with Gasteiger partial charge in [0.2, 0.25) is 0 Å². The largest absolute Gasteiger partial charge is 0.480 e. The molecule has 0 rings (SSSR count). The topological polar surface area (TPSA) is 101 Å². The minimum absolute atomic E-state index is 0.0702. The van der Waals surface area contributed by atoms with Crippen LogP contribution in [0.4, 0.5) is 0 Å². The van der Waals surface area contributed by atoms with Gasteiger partial charge in [0, 0.05) is 0 Å². The predicted octanol–water partition coefficient (Wildman–Crippen LogP) is 4.36. The summed E-state index contributed by atoms with van der Waals surface area (Å²) in [6.07, 6.45) is 2.59. The van der Waals surface area contributed by atoms with Crippen molar-refractivity contribution >= 4 is 17.9 Å². The Morgan fingerprint density at radius 3 is 1.73 bits per heavy atom. The third kappa shape index (κ3) is 5.99. The molecule has 152 valence electrons. The van der Waals surface area contributed by atoms with Gasteiger partial charge in [-0.15, -0.1) is 0 Å². The fourth-order valence-corrected chi connectivity index (χ4v) is 3.38. The Hall–Kier alpha value is -1.59. The zero-order chi connectivity index (χ0) is 20.8. The molecule has 0 saturated carbocycles. The highest BCUT2D eigenvalue weighted by Gasteiger charge is 2.54. The summed E-state index contributed by atoms with van der Waals surface area (Å²) in [6, 6.07) is 0. The van der Waals surface area contributed by atoms with Crippen LogP contribution in [-0.4, -0.2) is 34.7 Å². The van der Waals surface area contributed by atoms with Gasteiger partial charge in [-0.25, -0.2) is 0 Å². The lowest BCUT2D eigenvalue weighted by atomic mass is 9.63. The van der Waals surface area contributed by atoms with E-state index >= 15 is 0 Å². The van der Waals surface area contributed by atoms with Gasteiger partial charge in [0.25, 0.3) is 0 Å². The van der Waals surface area contributed by atoms with E-state index in [1.807, 2.05) is 20.8 Å². The van der Waals surface area contributed by atoms with E-state index in [1.165, 1.54) is 0 Å². The Labute approximate surface area is 157 Å². The molecule has 0 aromatic rings. The van der Waals surface area contributed by atoms with Crippen molar-refractivity contribution in [3.8, 4) is 0 Å². The van der Waals surface area contributed by atoms with Gasteiger partial charge in [-0.2, -0.15) is 0 Å². The molecular formula is C20H36O6. The second kappa shape index (κ2) is 9.38. The maximum atomic E-state index is 12.1. The molecule has 2 N–H and O–H groups in total. The number of carboxylic acid groups (broad SMARTS) is 2. The van der Waals surface area contributed by atoms with Crippen molar-refractivity contribution in [1.29, 1.82) is 0 Å². The minimum atomic E-state index is -1.81. The molecule has 0 saturated heterocycles. The fraction of sp³-hybridized carbons (Fsp3) is 0.850. The van der Waals surface area contributed by atoms with Crippen molar-refractivity contribution in [3.05, 3.63) is 0 Å². The van der Waals surface area contributed by atoms with Crippen LogP contribution in [0.15, 0.2) is 0 Å². The molecule has 0 aromatic heterocycles. The molecule has 0 spiro atoms. The third-order valence-electron chi connectivity index (χ3n) is 5.17. The van der Waals surface area contributed by atoms with Gasteiger partial charge in [0.15, 0.2) is 5.41 Å². The summed E-state index contributed by atoms with van der Waals surface area (Å²) in [7, 11) is 0. The molecule has 0 bridgehead atoms. The van der Waals surface area contributed by atoms with Crippen LogP contribution >= 0.6 is 0 Å². The number of hydrogen-bond acceptors (Lipinski definition) is 4. The second-order valence-electron chi connectivity index (χ2n) is 9.04. The van der Waals surface area contributed by atoms with E-state index in [9.17, 15) is 24.6 Å². The number of carboxylic acids is 2. The van der Waals surface area contributed by atoms with Gasteiger partial charge in [-0.3, -0.25) is 14.4 Å². The summed E-state index contributed by atoms with van der Waals surface area (Å²) >= 11 is 0. The maximum absolute atomic E-state index is 12.1. The Morgan fingerprint density at radius 2 is 1.38 bits per heavy atom. The minimum Gasteiger partial charge on any atom is -0.480 e. The lowest BCUT2D eigenvalue weighted by Crippen LogP contribution is -2.49. The highest BCUT2D eigenvalue weighted by molar-refractivity contribution is 5.99. The zero-order valence-electron chi connectivity index (χ0n) is 17.3. The first kappa shape index (κ1) is 24.4. The van der Waals surface area contributed by atoms with Crippen LogP contribution in [0.3, 0.4) is 0 Å². The molecule has 0 heterocycles. The molecular weight excluding hydrogens is 336 g/mol. The van der Waals surface area contributed by atoms with E-state index in [4.69, 9.17) is 4.74 Å². The summed E-state index contributed by atoms with van der Waals surface area (Å²) in [4.78, 5) is 35.6. The van der Waals surface area contributed by atoms with Gasteiger partial charge >= 0.3 is 17.9 Å². The first-order valence-electron chi connectivity index (χ1n) is 9.35. The van der Waals surface area contributed by atoms with Crippen LogP contribution in [-0.2, 0) is 19.1 Å². The smallest absolute Gasteiger partial charge is 0.321 e. The van der Waals surface area contributed by atoms with E-state index < -0.39 is 22.8 Å². The highest BCUT2D eigenvalue weighted by atomic mass is 16.5. The molecule has 26 heavy (non-hydrogen) atoms. The Balaban J connectivity index is 4.87. The molecule has 6 nitrogen and oxygen atoms in total. The SMILES string of the molecule is CCOC(=O)C(CCCCCC(C(=O)O)(C(=O)O)C(C)(C)C)C(C)(C)C. The van der Waals surface area contributed by atoms with Crippen molar-refractivity contribution in [3.63, 3.8) is 0 Å². The van der Waals surface area contributed by atoms with Crippen molar-refractivity contribution < 1.29 is 29.3 Å². The van der Waals surface area contributed by atoms with E-state index in [2.05, 4.69) is 0 Å². The van der Waals surface area contributed by atoms with Crippen molar-refractivity contribution in [2.75, 3.05) is 6.61 Å². The Kier molecular flexibility index (Phi) is 8.80. The molecule has 1 atom stereocenters. The summed E-state index contributed by atoms with van der Waals surface area (Å²) in [6.45, 7) is 13.0. The van der Waals surface area contributed by atoms with Crippen LogP contribution < -0.4 is 0 Å². The standard InChI is InChI=1S/C20H36O6/c1-8-26-15(21)14(18(2,3)4)12-10-9-11-13-20(16(22)23,17(24)25)19(5,6)7/h14H,8-13H2,1-7H3,(H,22,23)(H,24,25). The molecule has 0 radical (unpaired) electrons. The van der Waals surface area contributed by atoms with Crippen LogP contribution in [0, 0.1) is 22.2 Å². The molecule has 0 fully saturated rings. The quantitative estimate of drug-likeness (QED) is 0.335. The molecule has 0 amide bonds. The van der Waals surface area contributed by atoms with Gasteiger partial charge in [-0.05, 0) is 30.6 Å². The zero-order valence-corrected chi connectivity index (χ0v) is 17.3. The molecule has 1 unspecified atom stereocenters. The highest BCUT2D eigenvalue weighted by Crippen LogP contribution is 2.44. The first-order chi connectivity index (χ1) is 11.7. The molecule has 6 heteroatoms. The van der Waals surface area contributed by atoms with E-state index in [0.717, 1.165) is 6.42 Å². The van der Waals surface area contributed by atoms with Gasteiger partial charge < -0.3 is 14.9 Å². The number of hydrogen-bond donors (Lipinski definition) is 2. The summed E-state index contributed by atoms with van der Waals surface area (Å²) in [5.74, 6) is -3.03. The number of esters is 1. The van der Waals surface area contributed by atoms with Crippen LogP contribution in [0.2, 0.25) is 0 Å². The van der Waals surface area contributed by atoms with Gasteiger partial charge in [0.05, 0.1) is 12.5 Å². The van der Waals surface area contributed by atoms with Gasteiger partial charge in [-0.1, -0.05) is 60.8 Å². The second-order valence-corrected chi connectivity index (χ2v) is 9.04. The monoisotopic (exact) mass is 372 g/mol. The molecule has 0 aliphatic carbocycles. The predicted molar refractivity (Wildman–Crippen MR) is 99.8 cm³/mol. The molecule has 0 aliphatic heterocycles. The van der Waals surface area contributed by atoms with Crippen molar-refractivity contribution in [1.82, 2.24) is 0 Å². The van der Waals surface area contributed by atoms with Crippen LogP contribution in [0.25, 0.3) is 0 Å².